The van der Waals surface area contributed by atoms with E-state index < -0.39 is 11.7 Å². The third-order valence-corrected chi connectivity index (χ3v) is 6.69. The Morgan fingerprint density at radius 2 is 1.92 bits per heavy atom. The fourth-order valence-corrected chi connectivity index (χ4v) is 4.73. The quantitative estimate of drug-likeness (QED) is 0.275. The normalized spacial score (nSPS) is 16.4. The number of phenols is 1. The van der Waals surface area contributed by atoms with E-state index in [2.05, 4.69) is 21.7 Å². The average Bonchev–Trinajstić information content (AvgIpc) is 3.61. The molecule has 0 aliphatic heterocycles. The lowest BCUT2D eigenvalue weighted by Crippen LogP contribution is -2.34. The predicted octanol–water partition coefficient (Wildman–Crippen LogP) is 5.04. The fourth-order valence-electron chi connectivity index (χ4n) is 4.73. The molecule has 0 spiro atoms. The van der Waals surface area contributed by atoms with E-state index in [1.165, 1.54) is 24.5 Å². The van der Waals surface area contributed by atoms with Gasteiger partial charge in [0.2, 0.25) is 5.91 Å². The number of aromatic nitrogens is 1. The third kappa shape index (κ3) is 5.35. The molecule has 2 amide bonds. The van der Waals surface area contributed by atoms with Crippen LogP contribution < -0.4 is 16.4 Å². The molecule has 1 saturated carbocycles. The molecule has 0 unspecified atom stereocenters. The minimum atomic E-state index is -0.637. The number of carbonyl (C=O) groups is 2. The molecule has 1 aliphatic rings. The summed E-state index contributed by atoms with van der Waals surface area (Å²) in [5, 5.41) is 26.0. The zero-order valence-corrected chi connectivity index (χ0v) is 20.6. The van der Waals surface area contributed by atoms with Crippen molar-refractivity contribution in [3.05, 3.63) is 84.1 Å². The molecule has 1 aliphatic carbocycles. The van der Waals surface area contributed by atoms with Gasteiger partial charge in [0.1, 0.15) is 23.2 Å². The summed E-state index contributed by atoms with van der Waals surface area (Å²) < 4.78 is 18.8. The van der Waals surface area contributed by atoms with Crippen molar-refractivity contribution in [3.63, 3.8) is 0 Å². The number of pyridine rings is 1. The summed E-state index contributed by atoms with van der Waals surface area (Å²) in [4.78, 5) is 30.0. The number of nitrogens with one attached hydrogen (secondary N) is 2. The van der Waals surface area contributed by atoms with Gasteiger partial charge in [-0.1, -0.05) is 18.6 Å². The van der Waals surface area contributed by atoms with E-state index in [1.54, 1.807) is 36.4 Å². The Kier molecular flexibility index (Phi) is 7.08. The summed E-state index contributed by atoms with van der Waals surface area (Å²) in [7, 11) is 0. The topological polar surface area (TPSA) is 154 Å². The molecule has 5 rings (SSSR count). The number of nitriles is 1. The summed E-state index contributed by atoms with van der Waals surface area (Å²) in [6, 6.07) is 16.8. The van der Waals surface area contributed by atoms with Crippen LogP contribution in [0.25, 0.3) is 22.4 Å². The van der Waals surface area contributed by atoms with E-state index in [4.69, 9.17) is 10.2 Å². The summed E-state index contributed by atoms with van der Waals surface area (Å²) >= 11 is 0. The van der Waals surface area contributed by atoms with E-state index >= 15 is 0 Å². The lowest BCUT2D eigenvalue weighted by molar-refractivity contribution is -0.120. The van der Waals surface area contributed by atoms with Gasteiger partial charge in [0.05, 0.1) is 17.9 Å². The number of carbonyl (C=O) groups excluding carboxylic acids is 2. The Labute approximate surface area is 223 Å². The first-order chi connectivity index (χ1) is 18.8. The predicted molar refractivity (Wildman–Crippen MR) is 142 cm³/mol. The van der Waals surface area contributed by atoms with Crippen molar-refractivity contribution in [3.8, 4) is 34.2 Å². The number of amides is 2. The molecule has 2 aromatic heterocycles. The number of furan rings is 1. The van der Waals surface area contributed by atoms with Gasteiger partial charge in [0, 0.05) is 28.9 Å². The monoisotopic (exact) mass is 525 g/mol. The standard InChI is InChI=1S/C29H24FN5O4/c30-17-9-10-20(25(36)13-17)24-14-21(22(15-31)27(34-24)35-29(38)26-8-3-11-39-26)16-4-1-5-18(12-16)33-28(37)19-6-2-7-23(19)32/h1,3-5,8-14,19,23,36H,2,6-7,32H2,(H,33,37)(H,34,35,38)/t19-,23+/m0/s1. The van der Waals surface area contributed by atoms with Crippen molar-refractivity contribution in [2.24, 2.45) is 11.7 Å². The van der Waals surface area contributed by atoms with Crippen LogP contribution in [0.15, 0.2) is 71.3 Å². The molecular weight excluding hydrogens is 501 g/mol. The second-order valence-electron chi connectivity index (χ2n) is 9.25. The Morgan fingerprint density at radius 1 is 1.08 bits per heavy atom. The zero-order chi connectivity index (χ0) is 27.5. The van der Waals surface area contributed by atoms with Crippen LogP contribution in [-0.4, -0.2) is 27.9 Å². The van der Waals surface area contributed by atoms with Gasteiger partial charge in [0.15, 0.2) is 11.6 Å². The van der Waals surface area contributed by atoms with Crippen molar-refractivity contribution in [1.29, 1.82) is 5.26 Å². The van der Waals surface area contributed by atoms with Gasteiger partial charge >= 0.3 is 0 Å². The number of rotatable bonds is 6. The highest BCUT2D eigenvalue weighted by Gasteiger charge is 2.30. The second kappa shape index (κ2) is 10.8. The third-order valence-electron chi connectivity index (χ3n) is 6.69. The molecule has 0 bridgehead atoms. The average molecular weight is 526 g/mol. The van der Waals surface area contributed by atoms with Crippen LogP contribution in [0, 0.1) is 23.1 Å². The van der Waals surface area contributed by atoms with Gasteiger partial charge in [-0.2, -0.15) is 5.26 Å². The first-order valence-corrected chi connectivity index (χ1v) is 12.3. The number of nitrogens with two attached hydrogens (primary N) is 1. The molecular formula is C29H24FN5O4. The lowest BCUT2D eigenvalue weighted by atomic mass is 9.97. The fraction of sp³-hybridized carbons (Fsp3) is 0.172. The SMILES string of the molecule is N#Cc1c(-c2cccc(NC(=O)[C@H]3CCC[C@H]3N)c2)cc(-c2ccc(F)cc2O)nc1NC(=O)c1ccco1. The van der Waals surface area contributed by atoms with Crippen molar-refractivity contribution in [2.75, 3.05) is 10.6 Å². The van der Waals surface area contributed by atoms with Crippen molar-refractivity contribution >= 4 is 23.3 Å². The van der Waals surface area contributed by atoms with Crippen LogP contribution in [-0.2, 0) is 4.79 Å². The molecule has 39 heavy (non-hydrogen) atoms. The largest absolute Gasteiger partial charge is 0.507 e. The van der Waals surface area contributed by atoms with Crippen molar-refractivity contribution in [2.45, 2.75) is 25.3 Å². The number of benzene rings is 2. The number of anilines is 2. The maximum absolute atomic E-state index is 13.7. The Balaban J connectivity index is 1.59. The minimum Gasteiger partial charge on any atom is -0.507 e. The number of halogens is 1. The molecule has 4 aromatic rings. The van der Waals surface area contributed by atoms with E-state index in [-0.39, 0.29) is 52.0 Å². The Morgan fingerprint density at radius 3 is 2.62 bits per heavy atom. The summed E-state index contributed by atoms with van der Waals surface area (Å²) in [6.45, 7) is 0. The molecule has 1 fully saturated rings. The van der Waals surface area contributed by atoms with Gasteiger partial charge in [-0.3, -0.25) is 9.59 Å². The first kappa shape index (κ1) is 25.6. The summed E-state index contributed by atoms with van der Waals surface area (Å²) in [6.07, 6.45) is 3.75. The maximum atomic E-state index is 13.7. The minimum absolute atomic E-state index is 0.00658. The van der Waals surface area contributed by atoms with Gasteiger partial charge < -0.3 is 25.9 Å². The molecule has 0 saturated heterocycles. The van der Waals surface area contributed by atoms with E-state index in [0.29, 0.717) is 16.8 Å². The van der Waals surface area contributed by atoms with Gasteiger partial charge in [-0.05, 0) is 60.9 Å². The van der Waals surface area contributed by atoms with E-state index in [1.807, 2.05) is 0 Å². The maximum Gasteiger partial charge on any atom is 0.292 e. The summed E-state index contributed by atoms with van der Waals surface area (Å²) in [5.41, 5.74) is 7.92. The van der Waals surface area contributed by atoms with Gasteiger partial charge in [-0.25, -0.2) is 9.37 Å². The van der Waals surface area contributed by atoms with Crippen LogP contribution in [0.4, 0.5) is 15.9 Å². The number of nitrogens with zero attached hydrogens (tertiary/aromatic N) is 2. The number of aromatic hydroxyl groups is 1. The van der Waals surface area contributed by atoms with Crippen LogP contribution in [0.5, 0.6) is 5.75 Å². The highest BCUT2D eigenvalue weighted by Crippen LogP contribution is 2.37. The van der Waals surface area contributed by atoms with Gasteiger partial charge in [-0.15, -0.1) is 0 Å². The number of phenolic OH excluding ortho intramolecular Hbond substituents is 1. The highest BCUT2D eigenvalue weighted by molar-refractivity contribution is 6.03. The van der Waals surface area contributed by atoms with Crippen molar-refractivity contribution < 1.29 is 23.5 Å². The smallest absolute Gasteiger partial charge is 0.292 e. The zero-order valence-electron chi connectivity index (χ0n) is 20.6. The molecule has 2 aromatic carbocycles. The Bertz CT molecular complexity index is 1600. The molecule has 10 heteroatoms. The van der Waals surface area contributed by atoms with Crippen LogP contribution in [0.2, 0.25) is 0 Å². The number of hydrogen-bond donors (Lipinski definition) is 4. The van der Waals surface area contributed by atoms with Crippen LogP contribution in [0.3, 0.4) is 0 Å². The summed E-state index contributed by atoms with van der Waals surface area (Å²) in [5.74, 6) is -2.16. The van der Waals surface area contributed by atoms with E-state index in [9.17, 15) is 24.3 Å². The number of hydrogen-bond acceptors (Lipinski definition) is 7. The first-order valence-electron chi connectivity index (χ1n) is 12.3. The van der Waals surface area contributed by atoms with E-state index in [0.717, 1.165) is 25.3 Å². The molecule has 196 valence electrons. The van der Waals surface area contributed by atoms with Crippen LogP contribution >= 0.6 is 0 Å². The Hall–Kier alpha value is -5.01. The molecule has 0 radical (unpaired) electrons. The lowest BCUT2D eigenvalue weighted by Gasteiger charge is -2.17. The molecule has 2 heterocycles. The van der Waals surface area contributed by atoms with Crippen LogP contribution in [0.1, 0.15) is 35.4 Å². The molecule has 2 atom stereocenters. The second-order valence-corrected chi connectivity index (χ2v) is 9.25. The highest BCUT2D eigenvalue weighted by atomic mass is 19.1. The molecule has 9 nitrogen and oxygen atoms in total. The van der Waals surface area contributed by atoms with Gasteiger partial charge in [0.25, 0.3) is 5.91 Å². The molecule has 5 N–H and O–H groups in total. The van der Waals surface area contributed by atoms with Crippen molar-refractivity contribution in [1.82, 2.24) is 4.98 Å².